The molecule has 1 aromatic carbocycles. The number of morpholine rings is 1. The second-order valence-corrected chi connectivity index (χ2v) is 6.89. The van der Waals surface area contributed by atoms with Crippen LogP contribution in [0, 0.1) is 0 Å². The number of amides is 1. The first-order chi connectivity index (χ1) is 12.3. The number of benzene rings is 1. The minimum atomic E-state index is -0.0182. The normalized spacial score (nSPS) is 17.6. The van der Waals surface area contributed by atoms with E-state index in [0.717, 1.165) is 17.7 Å². The number of carbonyl (C=O) groups is 1. The van der Waals surface area contributed by atoms with Crippen LogP contribution in [-0.2, 0) is 11.2 Å². The molecule has 1 N–H and O–H groups in total. The summed E-state index contributed by atoms with van der Waals surface area (Å²) in [5, 5.41) is 11.2. The average Bonchev–Trinajstić information content (AvgIpc) is 3.34. The molecule has 3 heterocycles. The van der Waals surface area contributed by atoms with Gasteiger partial charge in [0.15, 0.2) is 0 Å². The number of H-pyrrole nitrogens is 1. The van der Waals surface area contributed by atoms with Gasteiger partial charge in [0.05, 0.1) is 18.4 Å². The summed E-state index contributed by atoms with van der Waals surface area (Å²) < 4.78 is 5.84. The number of thiophene rings is 1. The van der Waals surface area contributed by atoms with Gasteiger partial charge in [-0.2, -0.15) is 16.4 Å². The number of nitrogens with zero attached hydrogens (tertiary/aromatic N) is 2. The number of rotatable bonds is 4. The van der Waals surface area contributed by atoms with Crippen LogP contribution in [0.1, 0.15) is 16.1 Å². The predicted molar refractivity (Wildman–Crippen MR) is 97.7 cm³/mol. The van der Waals surface area contributed by atoms with Crippen LogP contribution < -0.4 is 0 Å². The number of nitrogens with one attached hydrogen (secondary N) is 1. The summed E-state index contributed by atoms with van der Waals surface area (Å²) in [4.78, 5) is 14.6. The maximum atomic E-state index is 12.8. The van der Waals surface area contributed by atoms with Crippen molar-refractivity contribution in [3.63, 3.8) is 0 Å². The van der Waals surface area contributed by atoms with Gasteiger partial charge in [0.25, 0.3) is 5.91 Å². The van der Waals surface area contributed by atoms with Gasteiger partial charge in [0.2, 0.25) is 0 Å². The van der Waals surface area contributed by atoms with Crippen molar-refractivity contribution in [2.45, 2.75) is 12.5 Å². The highest BCUT2D eigenvalue weighted by atomic mass is 32.1. The fourth-order valence-corrected chi connectivity index (χ4v) is 3.71. The minimum Gasteiger partial charge on any atom is -0.374 e. The molecule has 3 aromatic rings. The van der Waals surface area contributed by atoms with Gasteiger partial charge in [-0.3, -0.25) is 9.89 Å². The number of hydrogen-bond donors (Lipinski definition) is 1. The van der Waals surface area contributed by atoms with E-state index in [2.05, 4.69) is 22.3 Å². The summed E-state index contributed by atoms with van der Waals surface area (Å²) >= 11 is 1.62. The maximum absolute atomic E-state index is 12.8. The van der Waals surface area contributed by atoms with Gasteiger partial charge in [0.1, 0.15) is 5.69 Å². The lowest BCUT2D eigenvalue weighted by Gasteiger charge is -2.32. The smallest absolute Gasteiger partial charge is 0.272 e. The molecule has 0 radical (unpaired) electrons. The fraction of sp³-hybridized carbons (Fsp3) is 0.263. The Morgan fingerprint density at radius 3 is 3.00 bits per heavy atom. The van der Waals surface area contributed by atoms with Crippen LogP contribution in [0.3, 0.4) is 0 Å². The lowest BCUT2D eigenvalue weighted by molar-refractivity contribution is -0.0210. The van der Waals surface area contributed by atoms with E-state index in [9.17, 15) is 4.79 Å². The van der Waals surface area contributed by atoms with Gasteiger partial charge in [0, 0.05) is 30.5 Å². The Morgan fingerprint density at radius 1 is 1.32 bits per heavy atom. The third-order valence-corrected chi connectivity index (χ3v) is 5.04. The van der Waals surface area contributed by atoms with E-state index in [4.69, 9.17) is 4.74 Å². The summed E-state index contributed by atoms with van der Waals surface area (Å²) in [6.07, 6.45) is 0.840. The summed E-state index contributed by atoms with van der Waals surface area (Å²) in [7, 11) is 0. The molecule has 0 aliphatic carbocycles. The van der Waals surface area contributed by atoms with Crippen LogP contribution in [0.25, 0.3) is 11.3 Å². The topological polar surface area (TPSA) is 58.2 Å². The van der Waals surface area contributed by atoms with E-state index in [1.807, 2.05) is 46.0 Å². The lowest BCUT2D eigenvalue weighted by atomic mass is 10.1. The van der Waals surface area contributed by atoms with Crippen molar-refractivity contribution in [2.24, 2.45) is 0 Å². The molecule has 1 atom stereocenters. The molecule has 0 spiro atoms. The summed E-state index contributed by atoms with van der Waals surface area (Å²) in [6, 6.07) is 14.1. The first-order valence-corrected chi connectivity index (χ1v) is 9.26. The Morgan fingerprint density at radius 2 is 2.20 bits per heavy atom. The SMILES string of the molecule is O=C(c1cc(-c2ccsc2)n[nH]1)N1CCOC(Cc2ccccc2)C1. The Bertz CT molecular complexity index is 829. The van der Waals surface area contributed by atoms with E-state index in [0.29, 0.717) is 25.4 Å². The Kier molecular flexibility index (Phi) is 4.63. The molecule has 0 bridgehead atoms. The number of carbonyl (C=O) groups excluding carboxylic acids is 1. The first-order valence-electron chi connectivity index (χ1n) is 8.32. The second-order valence-electron chi connectivity index (χ2n) is 6.11. The van der Waals surface area contributed by atoms with Gasteiger partial charge < -0.3 is 9.64 Å². The highest BCUT2D eigenvalue weighted by molar-refractivity contribution is 7.08. The average molecular weight is 353 g/mol. The van der Waals surface area contributed by atoms with E-state index in [1.54, 1.807) is 11.3 Å². The molecular formula is C19H19N3O2S. The monoisotopic (exact) mass is 353 g/mol. The van der Waals surface area contributed by atoms with Crippen molar-refractivity contribution < 1.29 is 9.53 Å². The Labute approximate surface area is 150 Å². The molecule has 1 saturated heterocycles. The second kappa shape index (κ2) is 7.21. The van der Waals surface area contributed by atoms with Gasteiger partial charge in [-0.25, -0.2) is 0 Å². The fourth-order valence-electron chi connectivity index (χ4n) is 3.06. The number of hydrogen-bond acceptors (Lipinski definition) is 4. The third kappa shape index (κ3) is 3.65. The Balaban J connectivity index is 1.43. The quantitative estimate of drug-likeness (QED) is 0.783. The molecule has 1 aliphatic heterocycles. The third-order valence-electron chi connectivity index (χ3n) is 4.36. The lowest BCUT2D eigenvalue weighted by Crippen LogP contribution is -2.46. The maximum Gasteiger partial charge on any atom is 0.272 e. The largest absolute Gasteiger partial charge is 0.374 e. The molecule has 5 nitrogen and oxygen atoms in total. The molecule has 1 aliphatic rings. The predicted octanol–water partition coefficient (Wildman–Crippen LogP) is 3.22. The van der Waals surface area contributed by atoms with Gasteiger partial charge in [-0.1, -0.05) is 30.3 Å². The van der Waals surface area contributed by atoms with Crippen LogP contribution in [0.15, 0.2) is 53.2 Å². The van der Waals surface area contributed by atoms with Crippen LogP contribution in [-0.4, -0.2) is 46.8 Å². The van der Waals surface area contributed by atoms with Crippen molar-refractivity contribution in [3.8, 4) is 11.3 Å². The molecular weight excluding hydrogens is 334 g/mol. The van der Waals surface area contributed by atoms with E-state index < -0.39 is 0 Å². The van der Waals surface area contributed by atoms with Crippen molar-refractivity contribution in [1.29, 1.82) is 0 Å². The highest BCUT2D eigenvalue weighted by Crippen LogP contribution is 2.21. The zero-order chi connectivity index (χ0) is 17.1. The minimum absolute atomic E-state index is 0.0182. The molecule has 4 rings (SSSR count). The molecule has 1 unspecified atom stereocenters. The standard InChI is InChI=1S/C19H19N3O2S/c23-19(18-11-17(20-21-18)15-6-9-25-13-15)22-7-8-24-16(12-22)10-14-4-2-1-3-5-14/h1-6,9,11,13,16H,7-8,10,12H2,(H,20,21). The zero-order valence-electron chi connectivity index (χ0n) is 13.7. The number of aromatic nitrogens is 2. The first kappa shape index (κ1) is 16.1. The molecule has 128 valence electrons. The van der Waals surface area contributed by atoms with Gasteiger partial charge in [-0.05, 0) is 23.1 Å². The molecule has 0 saturated carbocycles. The zero-order valence-corrected chi connectivity index (χ0v) is 14.5. The van der Waals surface area contributed by atoms with Gasteiger partial charge in [-0.15, -0.1) is 0 Å². The van der Waals surface area contributed by atoms with Crippen LogP contribution in [0.2, 0.25) is 0 Å². The summed E-state index contributed by atoms with van der Waals surface area (Å²) in [5.74, 6) is -0.0182. The molecule has 1 amide bonds. The van der Waals surface area contributed by atoms with E-state index in [-0.39, 0.29) is 12.0 Å². The summed E-state index contributed by atoms with van der Waals surface area (Å²) in [5.41, 5.74) is 3.59. The molecule has 2 aromatic heterocycles. The van der Waals surface area contributed by atoms with Crippen molar-refractivity contribution in [1.82, 2.24) is 15.1 Å². The molecule has 25 heavy (non-hydrogen) atoms. The number of aromatic amines is 1. The number of ether oxygens (including phenoxy) is 1. The highest BCUT2D eigenvalue weighted by Gasteiger charge is 2.26. The van der Waals surface area contributed by atoms with Crippen LogP contribution in [0.5, 0.6) is 0 Å². The van der Waals surface area contributed by atoms with Gasteiger partial charge >= 0.3 is 0 Å². The van der Waals surface area contributed by atoms with Crippen molar-refractivity contribution >= 4 is 17.2 Å². The Hall–Kier alpha value is -2.44. The molecule has 6 heteroatoms. The van der Waals surface area contributed by atoms with Crippen LogP contribution >= 0.6 is 11.3 Å². The van der Waals surface area contributed by atoms with Crippen molar-refractivity contribution in [3.05, 3.63) is 64.5 Å². The van der Waals surface area contributed by atoms with E-state index in [1.165, 1.54) is 5.56 Å². The van der Waals surface area contributed by atoms with Crippen LogP contribution in [0.4, 0.5) is 0 Å². The van der Waals surface area contributed by atoms with E-state index >= 15 is 0 Å². The van der Waals surface area contributed by atoms with Crippen molar-refractivity contribution in [2.75, 3.05) is 19.7 Å². The molecule has 1 fully saturated rings. The summed E-state index contributed by atoms with van der Waals surface area (Å²) in [6.45, 7) is 1.77.